The Labute approximate surface area is 202 Å². The van der Waals surface area contributed by atoms with Crippen molar-refractivity contribution in [3.05, 3.63) is 58.9 Å². The minimum absolute atomic E-state index is 0.123. The van der Waals surface area contributed by atoms with Gasteiger partial charge >= 0.3 is 6.09 Å². The maximum Gasteiger partial charge on any atom is 0.410 e. The lowest BCUT2D eigenvalue weighted by Gasteiger charge is -2.34. The number of anilines is 1. The molecule has 1 fully saturated rings. The fraction of sp³-hybridized carbons (Fsp3) is 0.500. The summed E-state index contributed by atoms with van der Waals surface area (Å²) in [6.45, 7) is 7.68. The zero-order valence-electron chi connectivity index (χ0n) is 20.9. The molecule has 34 heavy (non-hydrogen) atoms. The van der Waals surface area contributed by atoms with Crippen LogP contribution in [0.1, 0.15) is 60.8 Å². The molecule has 0 aliphatic carbocycles. The number of primary amides is 1. The predicted octanol–water partition coefficient (Wildman–Crippen LogP) is 3.64. The molecular weight excluding hydrogens is 430 g/mol. The van der Waals surface area contributed by atoms with Crippen molar-refractivity contribution in [3.63, 3.8) is 0 Å². The Morgan fingerprint density at radius 2 is 1.76 bits per heavy atom. The van der Waals surface area contributed by atoms with Crippen molar-refractivity contribution in [2.45, 2.75) is 58.2 Å². The number of nitrogens with two attached hydrogens (primary N) is 1. The summed E-state index contributed by atoms with van der Waals surface area (Å²) in [6.07, 6.45) is 3.43. The van der Waals surface area contributed by atoms with E-state index in [0.29, 0.717) is 30.8 Å². The van der Waals surface area contributed by atoms with Gasteiger partial charge in [0.2, 0.25) is 0 Å². The SMILES string of the molecule is CN(C)Cc1ccc(Cc2cc(NC3CCN(C(=O)OC(C)(C)C)CC3)c(C(N)=O)cn2)cc1. The van der Waals surface area contributed by atoms with Crippen molar-refractivity contribution in [2.24, 2.45) is 5.73 Å². The fourth-order valence-corrected chi connectivity index (χ4v) is 4.00. The summed E-state index contributed by atoms with van der Waals surface area (Å²) in [5, 5.41) is 3.47. The van der Waals surface area contributed by atoms with Crippen molar-refractivity contribution in [3.8, 4) is 0 Å². The molecule has 0 unspecified atom stereocenters. The van der Waals surface area contributed by atoms with Gasteiger partial charge in [-0.1, -0.05) is 24.3 Å². The first-order chi connectivity index (χ1) is 16.0. The number of rotatable bonds is 7. The summed E-state index contributed by atoms with van der Waals surface area (Å²) in [4.78, 5) is 32.7. The minimum Gasteiger partial charge on any atom is -0.444 e. The Hall–Kier alpha value is -3.13. The second-order valence-electron chi connectivity index (χ2n) is 10.2. The third-order valence-electron chi connectivity index (χ3n) is 5.64. The first kappa shape index (κ1) is 25.5. The van der Waals surface area contributed by atoms with Gasteiger partial charge in [0.25, 0.3) is 5.91 Å². The van der Waals surface area contributed by atoms with Crippen molar-refractivity contribution in [1.29, 1.82) is 0 Å². The quantitative estimate of drug-likeness (QED) is 0.645. The topological polar surface area (TPSA) is 101 Å². The highest BCUT2D eigenvalue weighted by Crippen LogP contribution is 2.23. The van der Waals surface area contributed by atoms with Gasteiger partial charge in [-0.15, -0.1) is 0 Å². The largest absolute Gasteiger partial charge is 0.444 e. The highest BCUT2D eigenvalue weighted by Gasteiger charge is 2.27. The Bertz CT molecular complexity index is 990. The van der Waals surface area contributed by atoms with Crippen molar-refractivity contribution < 1.29 is 14.3 Å². The number of nitrogens with one attached hydrogen (secondary N) is 1. The maximum absolute atomic E-state index is 12.3. The van der Waals surface area contributed by atoms with E-state index < -0.39 is 11.5 Å². The van der Waals surface area contributed by atoms with Crippen LogP contribution in [0.25, 0.3) is 0 Å². The second kappa shape index (κ2) is 10.9. The molecule has 1 aromatic carbocycles. The highest BCUT2D eigenvalue weighted by molar-refractivity contribution is 5.98. The average molecular weight is 468 g/mol. The van der Waals surface area contributed by atoms with Gasteiger partial charge in [-0.05, 0) is 64.9 Å². The number of aromatic nitrogens is 1. The molecule has 184 valence electrons. The highest BCUT2D eigenvalue weighted by atomic mass is 16.6. The molecule has 2 heterocycles. The lowest BCUT2D eigenvalue weighted by Crippen LogP contribution is -2.44. The lowest BCUT2D eigenvalue weighted by atomic mass is 10.0. The fourth-order valence-electron chi connectivity index (χ4n) is 4.00. The van der Waals surface area contributed by atoms with Crippen LogP contribution in [0.3, 0.4) is 0 Å². The van der Waals surface area contributed by atoms with E-state index in [2.05, 4.69) is 39.5 Å². The van der Waals surface area contributed by atoms with Gasteiger partial charge in [0, 0.05) is 44.0 Å². The van der Waals surface area contributed by atoms with Crippen LogP contribution in [0.2, 0.25) is 0 Å². The number of amides is 2. The minimum atomic E-state index is -0.513. The van der Waals surface area contributed by atoms with E-state index in [4.69, 9.17) is 10.5 Å². The summed E-state index contributed by atoms with van der Waals surface area (Å²) in [6, 6.07) is 10.5. The Morgan fingerprint density at radius 3 is 2.32 bits per heavy atom. The molecule has 1 aliphatic heterocycles. The van der Waals surface area contributed by atoms with E-state index in [-0.39, 0.29) is 12.1 Å². The smallest absolute Gasteiger partial charge is 0.410 e. The molecule has 8 heteroatoms. The van der Waals surface area contributed by atoms with Crippen LogP contribution in [-0.4, -0.2) is 65.6 Å². The van der Waals surface area contributed by atoms with Gasteiger partial charge in [0.05, 0.1) is 11.3 Å². The maximum atomic E-state index is 12.3. The summed E-state index contributed by atoms with van der Waals surface area (Å²) in [7, 11) is 4.10. The normalized spacial score (nSPS) is 14.8. The lowest BCUT2D eigenvalue weighted by molar-refractivity contribution is 0.0210. The molecule has 1 aliphatic rings. The molecule has 1 aromatic heterocycles. The number of ether oxygens (including phenoxy) is 1. The summed E-state index contributed by atoms with van der Waals surface area (Å²) >= 11 is 0. The van der Waals surface area contributed by atoms with Crippen LogP contribution < -0.4 is 11.1 Å². The Morgan fingerprint density at radius 1 is 1.15 bits per heavy atom. The van der Waals surface area contributed by atoms with E-state index in [1.54, 1.807) is 11.1 Å². The van der Waals surface area contributed by atoms with Crippen LogP contribution in [0, 0.1) is 0 Å². The monoisotopic (exact) mass is 467 g/mol. The number of piperidine rings is 1. The van der Waals surface area contributed by atoms with Crippen molar-refractivity contribution >= 4 is 17.7 Å². The number of hydrogen-bond acceptors (Lipinski definition) is 6. The predicted molar refractivity (Wildman–Crippen MR) is 134 cm³/mol. The molecule has 3 rings (SSSR count). The van der Waals surface area contributed by atoms with Crippen molar-refractivity contribution in [2.75, 3.05) is 32.5 Å². The number of benzene rings is 1. The number of carbonyl (C=O) groups is 2. The Kier molecular flexibility index (Phi) is 8.15. The van der Waals surface area contributed by atoms with Gasteiger partial charge in [0.1, 0.15) is 5.60 Å². The molecule has 0 spiro atoms. The van der Waals surface area contributed by atoms with Gasteiger partial charge < -0.3 is 25.6 Å². The van der Waals surface area contributed by atoms with Gasteiger partial charge in [-0.25, -0.2) is 4.79 Å². The van der Waals surface area contributed by atoms with Crippen LogP contribution >= 0.6 is 0 Å². The molecule has 0 bridgehead atoms. The Balaban J connectivity index is 1.65. The molecule has 0 saturated carbocycles. The van der Waals surface area contributed by atoms with E-state index in [0.717, 1.165) is 30.6 Å². The van der Waals surface area contributed by atoms with E-state index in [1.807, 2.05) is 40.9 Å². The zero-order chi connectivity index (χ0) is 24.9. The summed E-state index contributed by atoms with van der Waals surface area (Å²) < 4.78 is 5.47. The number of likely N-dealkylation sites (tertiary alicyclic amines) is 1. The first-order valence-electron chi connectivity index (χ1n) is 11.8. The third-order valence-corrected chi connectivity index (χ3v) is 5.64. The third kappa shape index (κ3) is 7.45. The second-order valence-corrected chi connectivity index (χ2v) is 10.2. The summed E-state index contributed by atoms with van der Waals surface area (Å²) in [5.41, 5.74) is 9.43. The average Bonchev–Trinajstić information content (AvgIpc) is 2.74. The van der Waals surface area contributed by atoms with E-state index in [9.17, 15) is 9.59 Å². The van der Waals surface area contributed by atoms with Crippen LogP contribution in [0.5, 0.6) is 0 Å². The molecule has 2 aromatic rings. The molecular formula is C26H37N5O3. The number of nitrogens with zero attached hydrogens (tertiary/aromatic N) is 3. The number of carbonyl (C=O) groups excluding carboxylic acids is 2. The molecule has 0 atom stereocenters. The van der Waals surface area contributed by atoms with Gasteiger partial charge in [0.15, 0.2) is 0 Å². The van der Waals surface area contributed by atoms with E-state index >= 15 is 0 Å². The first-order valence-corrected chi connectivity index (χ1v) is 11.8. The van der Waals surface area contributed by atoms with Crippen LogP contribution in [-0.2, 0) is 17.7 Å². The van der Waals surface area contributed by atoms with Crippen LogP contribution in [0.4, 0.5) is 10.5 Å². The molecule has 2 amide bonds. The molecule has 8 nitrogen and oxygen atoms in total. The molecule has 0 radical (unpaired) electrons. The molecule has 3 N–H and O–H groups in total. The number of pyridine rings is 1. The van der Waals surface area contributed by atoms with Crippen molar-refractivity contribution in [1.82, 2.24) is 14.8 Å². The van der Waals surface area contributed by atoms with Gasteiger partial charge in [-0.2, -0.15) is 0 Å². The van der Waals surface area contributed by atoms with E-state index in [1.165, 1.54) is 5.56 Å². The summed E-state index contributed by atoms with van der Waals surface area (Å²) in [5.74, 6) is -0.513. The standard InChI is InChI=1S/C26H37N5O3/c1-26(2,3)34-25(33)31-12-10-20(11-13-31)29-23-15-21(28-16-22(23)24(27)32)14-18-6-8-19(9-7-18)17-30(4)5/h6-9,15-16,20H,10-14,17H2,1-5H3,(H2,27,32)(H,28,29). The zero-order valence-corrected chi connectivity index (χ0v) is 20.9. The molecule has 1 saturated heterocycles. The van der Waals surface area contributed by atoms with Gasteiger partial charge in [-0.3, -0.25) is 9.78 Å². The van der Waals surface area contributed by atoms with Crippen LogP contribution in [0.15, 0.2) is 36.5 Å². The number of hydrogen-bond donors (Lipinski definition) is 2.